The van der Waals surface area contributed by atoms with Crippen LogP contribution in [-0.4, -0.2) is 4.98 Å². The molecule has 4 rings (SSSR count). The Morgan fingerprint density at radius 1 is 0.958 bits per heavy atom. The predicted molar refractivity (Wildman–Crippen MR) is 99.6 cm³/mol. The molecule has 0 bridgehead atoms. The minimum absolute atomic E-state index is 0.540. The maximum atomic E-state index is 9.32. The number of benzene rings is 2. The van der Waals surface area contributed by atoms with Crippen molar-refractivity contribution in [3.8, 4) is 28.5 Å². The van der Waals surface area contributed by atoms with Crippen molar-refractivity contribution in [3.05, 3.63) is 71.6 Å². The molecule has 0 aliphatic heterocycles. The van der Waals surface area contributed by atoms with Crippen LogP contribution in [0.25, 0.3) is 33.3 Å². The number of hydrogen-bond acceptors (Lipinski definition) is 4. The zero-order valence-corrected chi connectivity index (χ0v) is 13.5. The summed E-state index contributed by atoms with van der Waals surface area (Å²) in [5.41, 5.74) is 11.2. The Bertz CT molecular complexity index is 1080. The molecule has 0 saturated heterocycles. The lowest BCUT2D eigenvalue weighted by Gasteiger charge is -2.06. The van der Waals surface area contributed by atoms with Crippen molar-refractivity contribution in [3.63, 3.8) is 0 Å². The zero-order chi connectivity index (χ0) is 16.5. The van der Waals surface area contributed by atoms with Gasteiger partial charge in [-0.15, -0.1) is 11.3 Å². The van der Waals surface area contributed by atoms with Crippen molar-refractivity contribution in [1.29, 1.82) is 5.26 Å². The van der Waals surface area contributed by atoms with E-state index in [0.717, 1.165) is 33.3 Å². The molecule has 2 heterocycles. The van der Waals surface area contributed by atoms with E-state index in [4.69, 9.17) is 10.7 Å². The zero-order valence-electron chi connectivity index (χ0n) is 12.7. The van der Waals surface area contributed by atoms with Gasteiger partial charge in [-0.1, -0.05) is 48.5 Å². The molecule has 2 aromatic heterocycles. The average Bonchev–Trinajstić information content (AvgIpc) is 3.02. The molecule has 4 heteroatoms. The number of hydrogen-bond donors (Lipinski definition) is 1. The monoisotopic (exact) mass is 327 g/mol. The number of nitriles is 1. The molecule has 2 N–H and O–H groups in total. The molecule has 114 valence electrons. The first-order chi connectivity index (χ1) is 11.8. The predicted octanol–water partition coefficient (Wildman–Crippen LogP) is 5.08. The van der Waals surface area contributed by atoms with E-state index in [-0.39, 0.29) is 0 Å². The van der Waals surface area contributed by atoms with E-state index in [9.17, 15) is 5.26 Å². The van der Waals surface area contributed by atoms with Crippen LogP contribution in [0, 0.1) is 11.3 Å². The van der Waals surface area contributed by atoms with Gasteiger partial charge in [-0.25, -0.2) is 4.98 Å². The van der Waals surface area contributed by atoms with E-state index >= 15 is 0 Å². The van der Waals surface area contributed by atoms with E-state index < -0.39 is 0 Å². The van der Waals surface area contributed by atoms with Crippen molar-refractivity contribution < 1.29 is 0 Å². The van der Waals surface area contributed by atoms with Crippen LogP contribution in [0.15, 0.2) is 66.0 Å². The molecule has 0 radical (unpaired) electrons. The van der Waals surface area contributed by atoms with Crippen molar-refractivity contribution in [2.75, 3.05) is 5.73 Å². The Morgan fingerprint density at radius 2 is 1.75 bits per heavy atom. The van der Waals surface area contributed by atoms with Crippen molar-refractivity contribution in [2.24, 2.45) is 0 Å². The highest BCUT2D eigenvalue weighted by Crippen LogP contribution is 2.34. The first-order valence-electron chi connectivity index (χ1n) is 7.50. The molecule has 0 aliphatic rings. The number of fused-ring (bicyclic) bond motifs is 1. The Balaban J connectivity index is 1.87. The Hall–Kier alpha value is -3.16. The maximum Gasteiger partial charge on any atom is 0.104 e. The van der Waals surface area contributed by atoms with Gasteiger partial charge in [0.1, 0.15) is 11.1 Å². The largest absolute Gasteiger partial charge is 0.389 e. The summed E-state index contributed by atoms with van der Waals surface area (Å²) in [5, 5.41) is 12.9. The minimum atomic E-state index is 0.540. The summed E-state index contributed by atoms with van der Waals surface area (Å²) in [6, 6.07) is 22.4. The second-order valence-electron chi connectivity index (χ2n) is 5.47. The fourth-order valence-electron chi connectivity index (χ4n) is 2.76. The maximum absolute atomic E-state index is 9.32. The number of nitrogens with zero attached hydrogens (tertiary/aromatic N) is 2. The van der Waals surface area contributed by atoms with Crippen molar-refractivity contribution in [2.45, 2.75) is 0 Å². The van der Waals surface area contributed by atoms with Gasteiger partial charge in [0.2, 0.25) is 0 Å². The lowest BCUT2D eigenvalue weighted by Crippen LogP contribution is -1.88. The van der Waals surface area contributed by atoms with Crippen LogP contribution in [0.4, 0.5) is 5.00 Å². The summed E-state index contributed by atoms with van der Waals surface area (Å²) in [6.07, 6.45) is 0. The normalized spacial score (nSPS) is 10.6. The number of pyridine rings is 1. The van der Waals surface area contributed by atoms with Crippen LogP contribution >= 0.6 is 11.3 Å². The third-order valence-electron chi connectivity index (χ3n) is 4.00. The van der Waals surface area contributed by atoms with E-state index in [2.05, 4.69) is 12.1 Å². The van der Waals surface area contributed by atoms with Gasteiger partial charge in [0.15, 0.2) is 0 Å². The summed E-state index contributed by atoms with van der Waals surface area (Å²) in [4.78, 5) is 4.78. The Kier molecular flexibility index (Phi) is 3.49. The highest BCUT2D eigenvalue weighted by molar-refractivity contribution is 7.14. The average molecular weight is 327 g/mol. The molecule has 3 nitrogen and oxygen atoms in total. The van der Waals surface area contributed by atoms with E-state index in [1.54, 1.807) is 0 Å². The van der Waals surface area contributed by atoms with Gasteiger partial charge < -0.3 is 5.73 Å². The summed E-state index contributed by atoms with van der Waals surface area (Å²) in [6.45, 7) is 0. The minimum Gasteiger partial charge on any atom is -0.389 e. The molecule has 0 spiro atoms. The third-order valence-corrected chi connectivity index (χ3v) is 4.82. The van der Waals surface area contributed by atoms with Gasteiger partial charge in [-0.3, -0.25) is 0 Å². The van der Waals surface area contributed by atoms with Gasteiger partial charge in [0.25, 0.3) is 0 Å². The topological polar surface area (TPSA) is 62.7 Å². The van der Waals surface area contributed by atoms with E-state index in [0.29, 0.717) is 10.6 Å². The van der Waals surface area contributed by atoms with Crippen LogP contribution in [0.5, 0.6) is 0 Å². The van der Waals surface area contributed by atoms with Crippen LogP contribution < -0.4 is 5.73 Å². The molecule has 24 heavy (non-hydrogen) atoms. The molecule has 2 aromatic carbocycles. The third kappa shape index (κ3) is 2.41. The standard InChI is InChI=1S/C20H13N3S/c21-11-16-17(12-24-20(16)22)15-7-6-14-8-9-18(23-19(14)10-15)13-4-2-1-3-5-13/h1-10,12H,22H2. The number of anilines is 1. The van der Waals surface area contributed by atoms with Gasteiger partial charge in [0, 0.05) is 21.9 Å². The summed E-state index contributed by atoms with van der Waals surface area (Å²) in [7, 11) is 0. The van der Waals surface area contributed by atoms with Crippen LogP contribution in [0.3, 0.4) is 0 Å². The molecule has 0 unspecified atom stereocenters. The molecular formula is C20H13N3S. The second kappa shape index (κ2) is 5.80. The lowest BCUT2D eigenvalue weighted by atomic mass is 10.0. The molecule has 4 aromatic rings. The Labute approximate surface area is 143 Å². The van der Waals surface area contributed by atoms with E-state index in [1.807, 2.05) is 60.0 Å². The van der Waals surface area contributed by atoms with Gasteiger partial charge >= 0.3 is 0 Å². The number of nitrogen functional groups attached to an aromatic ring is 1. The molecule has 0 fully saturated rings. The number of nitrogens with two attached hydrogens (primary N) is 1. The number of rotatable bonds is 2. The van der Waals surface area contributed by atoms with Crippen molar-refractivity contribution >= 4 is 27.2 Å². The van der Waals surface area contributed by atoms with Crippen LogP contribution in [0.2, 0.25) is 0 Å². The quantitative estimate of drug-likeness (QED) is 0.558. The second-order valence-corrected chi connectivity index (χ2v) is 6.38. The smallest absolute Gasteiger partial charge is 0.104 e. The molecule has 0 saturated carbocycles. The first-order valence-corrected chi connectivity index (χ1v) is 8.38. The number of thiophene rings is 1. The summed E-state index contributed by atoms with van der Waals surface area (Å²) < 4.78 is 0. The highest BCUT2D eigenvalue weighted by atomic mass is 32.1. The van der Waals surface area contributed by atoms with Gasteiger partial charge in [0.05, 0.1) is 16.8 Å². The fraction of sp³-hybridized carbons (Fsp3) is 0. The van der Waals surface area contributed by atoms with Gasteiger partial charge in [-0.05, 0) is 17.7 Å². The lowest BCUT2D eigenvalue weighted by molar-refractivity contribution is 1.40. The molecule has 0 amide bonds. The SMILES string of the molecule is N#Cc1c(-c2ccc3ccc(-c4ccccc4)nc3c2)csc1N. The molecule has 0 atom stereocenters. The molecular weight excluding hydrogens is 314 g/mol. The first kappa shape index (κ1) is 14.4. The number of aromatic nitrogens is 1. The highest BCUT2D eigenvalue weighted by Gasteiger charge is 2.12. The Morgan fingerprint density at radius 3 is 2.54 bits per heavy atom. The van der Waals surface area contributed by atoms with Crippen LogP contribution in [-0.2, 0) is 0 Å². The van der Waals surface area contributed by atoms with Crippen molar-refractivity contribution in [1.82, 2.24) is 4.98 Å². The fourth-order valence-corrected chi connectivity index (χ4v) is 3.53. The van der Waals surface area contributed by atoms with Crippen LogP contribution in [0.1, 0.15) is 5.56 Å². The van der Waals surface area contributed by atoms with E-state index in [1.165, 1.54) is 11.3 Å². The summed E-state index contributed by atoms with van der Waals surface area (Å²) >= 11 is 1.39. The van der Waals surface area contributed by atoms with Gasteiger partial charge in [-0.2, -0.15) is 5.26 Å². The summed E-state index contributed by atoms with van der Waals surface area (Å²) in [5.74, 6) is 0. The molecule has 0 aliphatic carbocycles.